The van der Waals surface area contributed by atoms with Crippen LogP contribution in [0.3, 0.4) is 0 Å². The smallest absolute Gasteiger partial charge is 0.326 e. The molecule has 28 heavy (non-hydrogen) atoms. The maximum atomic E-state index is 13.0. The molecule has 0 unspecified atom stereocenters. The molecule has 0 saturated heterocycles. The standard InChI is InChI=1S/C22H34N2O4/c1-16(2)14-22(3,21(26)28-19-6-4-5-7-19)23-15-18-10-8-17(9-11-18)12-13-20(25)24-27/h8-11,16,19,23,27H,4-7,12-15H2,1-3H3,(H,24,25)/t22-/m0/s1/i3D. The number of benzene rings is 1. The fourth-order valence-electron chi connectivity index (χ4n) is 3.60. The monoisotopic (exact) mass is 391 g/mol. The van der Waals surface area contributed by atoms with E-state index in [0.29, 0.717) is 19.4 Å². The van der Waals surface area contributed by atoms with Crippen LogP contribution in [0, 0.1) is 5.92 Å². The molecule has 6 heteroatoms. The highest BCUT2D eigenvalue weighted by atomic mass is 16.5. The Balaban J connectivity index is 2.00. The average Bonchev–Trinajstić information content (AvgIpc) is 3.22. The highest BCUT2D eigenvalue weighted by molar-refractivity contribution is 5.80. The summed E-state index contributed by atoms with van der Waals surface area (Å²) >= 11 is 0. The van der Waals surface area contributed by atoms with Crippen molar-refractivity contribution in [2.45, 2.75) is 83.9 Å². The zero-order valence-corrected chi connectivity index (χ0v) is 17.0. The van der Waals surface area contributed by atoms with Crippen molar-refractivity contribution >= 4 is 11.9 Å². The highest BCUT2D eigenvalue weighted by Gasteiger charge is 2.37. The summed E-state index contributed by atoms with van der Waals surface area (Å²) in [6.45, 7) is 4.49. The van der Waals surface area contributed by atoms with Gasteiger partial charge in [-0.05, 0) is 62.5 Å². The first kappa shape index (κ1) is 20.8. The number of esters is 1. The van der Waals surface area contributed by atoms with Crippen molar-refractivity contribution < 1.29 is 20.9 Å². The van der Waals surface area contributed by atoms with Crippen molar-refractivity contribution in [3.8, 4) is 0 Å². The molecule has 156 valence electrons. The van der Waals surface area contributed by atoms with E-state index in [9.17, 15) is 9.59 Å². The maximum absolute atomic E-state index is 13.0. The first-order chi connectivity index (χ1) is 13.9. The second-order valence-electron chi connectivity index (χ2n) is 8.20. The number of ether oxygens (including phenoxy) is 1. The normalized spacial score (nSPS) is 17.2. The number of nitrogens with one attached hydrogen (secondary N) is 2. The third kappa shape index (κ3) is 6.91. The van der Waals surface area contributed by atoms with E-state index in [2.05, 4.69) is 5.32 Å². The fourth-order valence-corrected chi connectivity index (χ4v) is 3.60. The second kappa shape index (κ2) is 10.6. The second-order valence-corrected chi connectivity index (χ2v) is 8.20. The van der Waals surface area contributed by atoms with E-state index >= 15 is 0 Å². The van der Waals surface area contributed by atoms with E-state index in [0.717, 1.165) is 36.8 Å². The molecule has 1 aliphatic carbocycles. The Morgan fingerprint density at radius 2 is 1.89 bits per heavy atom. The van der Waals surface area contributed by atoms with Gasteiger partial charge in [-0.25, -0.2) is 5.48 Å². The van der Waals surface area contributed by atoms with E-state index in [1.54, 1.807) is 5.48 Å². The Bertz CT molecular complexity index is 659. The topological polar surface area (TPSA) is 87.7 Å². The molecule has 1 saturated carbocycles. The molecule has 1 aromatic carbocycles. The molecule has 1 aromatic rings. The number of amides is 1. The minimum Gasteiger partial charge on any atom is -0.461 e. The van der Waals surface area contributed by atoms with Crippen LogP contribution in [0.2, 0.25) is 0 Å². The number of hydrogen-bond acceptors (Lipinski definition) is 5. The summed E-state index contributed by atoms with van der Waals surface area (Å²) in [6.07, 6.45) is 5.31. The van der Waals surface area contributed by atoms with Crippen LogP contribution < -0.4 is 10.8 Å². The molecule has 2 rings (SSSR count). The van der Waals surface area contributed by atoms with Gasteiger partial charge in [-0.3, -0.25) is 20.1 Å². The molecule has 6 nitrogen and oxygen atoms in total. The molecule has 0 aromatic heterocycles. The SMILES string of the molecule is [2H]C[C@@](CC(C)C)(NCc1ccc(CCC(=O)NO)cc1)C(=O)OC1CCCC1. The summed E-state index contributed by atoms with van der Waals surface area (Å²) in [4.78, 5) is 24.1. The molecule has 0 heterocycles. The number of hydroxylamine groups is 1. The fraction of sp³-hybridized carbons (Fsp3) is 0.636. The maximum Gasteiger partial charge on any atom is 0.326 e. The van der Waals surface area contributed by atoms with Crippen molar-refractivity contribution in [2.75, 3.05) is 0 Å². The molecule has 1 amide bonds. The highest BCUT2D eigenvalue weighted by Crippen LogP contribution is 2.25. The number of hydrogen-bond donors (Lipinski definition) is 3. The molecule has 3 N–H and O–H groups in total. The number of aryl methyl sites for hydroxylation is 1. The van der Waals surface area contributed by atoms with Crippen molar-refractivity contribution in [3.63, 3.8) is 0 Å². The quantitative estimate of drug-likeness (QED) is 0.323. The van der Waals surface area contributed by atoms with Gasteiger partial charge >= 0.3 is 5.97 Å². The van der Waals surface area contributed by atoms with E-state index in [-0.39, 0.29) is 31.3 Å². The van der Waals surface area contributed by atoms with Crippen molar-refractivity contribution in [3.05, 3.63) is 35.4 Å². The van der Waals surface area contributed by atoms with Gasteiger partial charge in [0, 0.05) is 14.3 Å². The Hall–Kier alpha value is -1.92. The van der Waals surface area contributed by atoms with E-state index in [1.165, 1.54) is 0 Å². The lowest BCUT2D eigenvalue weighted by Gasteiger charge is -2.31. The van der Waals surface area contributed by atoms with Crippen LogP contribution in [0.5, 0.6) is 0 Å². The lowest BCUT2D eigenvalue weighted by molar-refractivity contribution is -0.157. The van der Waals surface area contributed by atoms with Crippen LogP contribution >= 0.6 is 0 Å². The molecule has 1 aliphatic rings. The molecule has 1 atom stereocenters. The minimum atomic E-state index is -1.01. The number of carbonyl (C=O) groups is 2. The van der Waals surface area contributed by atoms with Gasteiger partial charge in [-0.15, -0.1) is 0 Å². The molecule has 0 bridgehead atoms. The average molecular weight is 392 g/mol. The van der Waals surface area contributed by atoms with Crippen LogP contribution in [0.15, 0.2) is 24.3 Å². The van der Waals surface area contributed by atoms with Gasteiger partial charge < -0.3 is 4.74 Å². The summed E-state index contributed by atoms with van der Waals surface area (Å²) in [5.74, 6) is -0.464. The van der Waals surface area contributed by atoms with Crippen LogP contribution in [0.25, 0.3) is 0 Å². The number of rotatable bonds is 10. The summed E-state index contributed by atoms with van der Waals surface area (Å²) in [5, 5.41) is 11.9. The van der Waals surface area contributed by atoms with Crippen LogP contribution in [0.1, 0.15) is 71.8 Å². The molecular weight excluding hydrogens is 356 g/mol. The Kier molecular flexibility index (Phi) is 7.86. The summed E-state index contributed by atoms with van der Waals surface area (Å²) in [6, 6.07) is 7.77. The lowest BCUT2D eigenvalue weighted by Crippen LogP contribution is -2.51. The first-order valence-corrected chi connectivity index (χ1v) is 10.1. The van der Waals surface area contributed by atoms with Gasteiger partial charge in [0.15, 0.2) is 0 Å². The van der Waals surface area contributed by atoms with Crippen molar-refractivity contribution in [2.24, 2.45) is 5.92 Å². The molecular formula is C22H34N2O4. The summed E-state index contributed by atoms with van der Waals surface area (Å²) < 4.78 is 13.9. The molecule has 1 fully saturated rings. The Morgan fingerprint density at radius 1 is 1.25 bits per heavy atom. The first-order valence-electron chi connectivity index (χ1n) is 10.9. The van der Waals surface area contributed by atoms with E-state index in [1.807, 2.05) is 38.1 Å². The van der Waals surface area contributed by atoms with Crippen LogP contribution in [-0.2, 0) is 27.3 Å². The molecule has 0 radical (unpaired) electrons. The van der Waals surface area contributed by atoms with E-state index < -0.39 is 11.4 Å². The van der Waals surface area contributed by atoms with Gasteiger partial charge in [0.1, 0.15) is 11.6 Å². The third-order valence-electron chi connectivity index (χ3n) is 5.14. The molecule has 0 aliphatic heterocycles. The zero-order valence-electron chi connectivity index (χ0n) is 18.0. The Labute approximate surface area is 169 Å². The van der Waals surface area contributed by atoms with Crippen molar-refractivity contribution in [1.82, 2.24) is 10.8 Å². The van der Waals surface area contributed by atoms with Crippen molar-refractivity contribution in [1.29, 1.82) is 0 Å². The zero-order chi connectivity index (χ0) is 21.3. The largest absolute Gasteiger partial charge is 0.461 e. The van der Waals surface area contributed by atoms with Gasteiger partial charge in [0.2, 0.25) is 5.91 Å². The minimum absolute atomic E-state index is 0.0159. The van der Waals surface area contributed by atoms with Crippen LogP contribution in [0.4, 0.5) is 0 Å². The van der Waals surface area contributed by atoms with Gasteiger partial charge in [-0.2, -0.15) is 0 Å². The predicted octanol–water partition coefficient (Wildman–Crippen LogP) is 3.50. The predicted molar refractivity (Wildman–Crippen MR) is 108 cm³/mol. The summed E-state index contributed by atoms with van der Waals surface area (Å²) in [5.41, 5.74) is 2.61. The Morgan fingerprint density at radius 3 is 2.46 bits per heavy atom. The molecule has 0 spiro atoms. The van der Waals surface area contributed by atoms with E-state index in [4.69, 9.17) is 11.3 Å². The van der Waals surface area contributed by atoms with Gasteiger partial charge in [0.25, 0.3) is 0 Å². The summed E-state index contributed by atoms with van der Waals surface area (Å²) in [7, 11) is 0. The lowest BCUT2D eigenvalue weighted by atomic mass is 9.90. The third-order valence-corrected chi connectivity index (χ3v) is 5.14. The van der Waals surface area contributed by atoms with Gasteiger partial charge in [0.05, 0.1) is 0 Å². The van der Waals surface area contributed by atoms with Crippen LogP contribution in [-0.4, -0.2) is 28.7 Å². The van der Waals surface area contributed by atoms with Gasteiger partial charge in [-0.1, -0.05) is 38.1 Å². The number of carbonyl (C=O) groups excluding carboxylic acids is 2.